The Morgan fingerprint density at radius 2 is 1.85 bits per heavy atom. The van der Waals surface area contributed by atoms with Gasteiger partial charge in [0, 0.05) is 23.7 Å². The summed E-state index contributed by atoms with van der Waals surface area (Å²) < 4.78 is 13.6. The summed E-state index contributed by atoms with van der Waals surface area (Å²) in [5.41, 5.74) is 2.48. The van der Waals surface area contributed by atoms with Gasteiger partial charge in [-0.05, 0) is 42.3 Å². The van der Waals surface area contributed by atoms with Gasteiger partial charge in [-0.2, -0.15) is 0 Å². The molecule has 0 aliphatic heterocycles. The molecule has 9 heteroatoms. The number of anilines is 2. The average Bonchev–Trinajstić information content (AvgIpc) is 2.78. The Kier molecular flexibility index (Phi) is 8.39. The van der Waals surface area contributed by atoms with E-state index in [2.05, 4.69) is 20.3 Å². The maximum absolute atomic E-state index is 13.6. The number of aliphatic carboxylic acids is 1. The van der Waals surface area contributed by atoms with Crippen molar-refractivity contribution in [2.75, 3.05) is 5.32 Å². The number of rotatable bonds is 10. The number of pyridine rings is 1. The first-order valence-corrected chi connectivity index (χ1v) is 10.8. The fraction of sp³-hybridized carbons (Fsp3) is 0.280. The normalized spacial score (nSPS) is 13.2. The van der Waals surface area contributed by atoms with Gasteiger partial charge in [-0.3, -0.25) is 4.79 Å². The van der Waals surface area contributed by atoms with Crippen molar-refractivity contribution >= 4 is 23.8 Å². The molecule has 0 aliphatic rings. The van der Waals surface area contributed by atoms with Gasteiger partial charge in [0.05, 0.1) is 30.0 Å². The first kappa shape index (κ1) is 24.9. The number of halogens is 1. The van der Waals surface area contributed by atoms with Crippen LogP contribution in [-0.2, 0) is 4.79 Å². The van der Waals surface area contributed by atoms with E-state index in [-0.39, 0.29) is 18.2 Å². The van der Waals surface area contributed by atoms with Crippen molar-refractivity contribution < 1.29 is 24.5 Å². The smallest absolute Gasteiger partial charge is 0.305 e. The van der Waals surface area contributed by atoms with E-state index in [0.717, 1.165) is 0 Å². The standard InChI is InChI=1S/C25H27FN4O4/c1-15(2)23-20(11-10-18(31)13-19(32)14-22(33)34)24(16-6-8-17(26)9-7-16)30-25(29-23)28-21-5-3-4-12-27-21/h3-12,15,18-19,31-32H,13-14H2,1-2H3,(H,33,34)(H,27,28,29,30)/t18-,19-/m1/s1. The number of nitrogens with zero attached hydrogens (tertiary/aromatic N) is 3. The highest BCUT2D eigenvalue weighted by Gasteiger charge is 2.18. The highest BCUT2D eigenvalue weighted by molar-refractivity contribution is 5.75. The van der Waals surface area contributed by atoms with Gasteiger partial charge in [-0.15, -0.1) is 0 Å². The number of benzene rings is 1. The van der Waals surface area contributed by atoms with E-state index in [1.54, 1.807) is 36.5 Å². The van der Waals surface area contributed by atoms with E-state index in [1.165, 1.54) is 18.2 Å². The van der Waals surface area contributed by atoms with Gasteiger partial charge in [-0.25, -0.2) is 19.3 Å². The van der Waals surface area contributed by atoms with Crippen LogP contribution in [0.5, 0.6) is 0 Å². The molecule has 34 heavy (non-hydrogen) atoms. The van der Waals surface area contributed by atoms with E-state index < -0.39 is 24.6 Å². The first-order chi connectivity index (χ1) is 16.2. The maximum atomic E-state index is 13.6. The second-order valence-corrected chi connectivity index (χ2v) is 8.11. The van der Waals surface area contributed by atoms with Crippen LogP contribution in [0.1, 0.15) is 43.9 Å². The summed E-state index contributed by atoms with van der Waals surface area (Å²) in [7, 11) is 0. The van der Waals surface area contributed by atoms with E-state index >= 15 is 0 Å². The van der Waals surface area contributed by atoms with Crippen LogP contribution in [0.25, 0.3) is 17.3 Å². The number of hydrogen-bond acceptors (Lipinski definition) is 7. The molecule has 3 aromatic rings. The van der Waals surface area contributed by atoms with Crippen LogP contribution in [0.15, 0.2) is 54.7 Å². The Labute approximate surface area is 196 Å². The maximum Gasteiger partial charge on any atom is 0.305 e. The second kappa shape index (κ2) is 11.4. The van der Waals surface area contributed by atoms with Crippen molar-refractivity contribution in [1.82, 2.24) is 15.0 Å². The van der Waals surface area contributed by atoms with Crippen LogP contribution < -0.4 is 5.32 Å². The minimum Gasteiger partial charge on any atom is -0.481 e. The van der Waals surface area contributed by atoms with Crippen LogP contribution in [0, 0.1) is 5.82 Å². The van der Waals surface area contributed by atoms with Crippen molar-refractivity contribution in [3.63, 3.8) is 0 Å². The second-order valence-electron chi connectivity index (χ2n) is 8.11. The largest absolute Gasteiger partial charge is 0.481 e. The summed E-state index contributed by atoms with van der Waals surface area (Å²) in [6, 6.07) is 11.3. The van der Waals surface area contributed by atoms with E-state index in [0.29, 0.717) is 34.3 Å². The van der Waals surface area contributed by atoms with Gasteiger partial charge < -0.3 is 20.6 Å². The zero-order valence-corrected chi connectivity index (χ0v) is 18.9. The minimum atomic E-state index is -1.18. The monoisotopic (exact) mass is 466 g/mol. The molecule has 0 saturated carbocycles. The lowest BCUT2D eigenvalue weighted by Gasteiger charge is -2.17. The summed E-state index contributed by atoms with van der Waals surface area (Å²) in [4.78, 5) is 24.3. The minimum absolute atomic E-state index is 0.0270. The number of carboxylic acids is 1. The van der Waals surface area contributed by atoms with Crippen LogP contribution >= 0.6 is 0 Å². The molecule has 4 N–H and O–H groups in total. The van der Waals surface area contributed by atoms with Gasteiger partial charge >= 0.3 is 5.97 Å². The quantitative estimate of drug-likeness (QED) is 0.351. The molecule has 0 aliphatic carbocycles. The Balaban J connectivity index is 2.03. The Hall–Kier alpha value is -3.69. The van der Waals surface area contributed by atoms with Gasteiger partial charge in [-0.1, -0.05) is 32.1 Å². The molecule has 2 atom stereocenters. The molecule has 3 rings (SSSR count). The third-order valence-corrected chi connectivity index (χ3v) is 4.95. The van der Waals surface area contributed by atoms with Crippen molar-refractivity contribution in [2.45, 2.75) is 44.8 Å². The lowest BCUT2D eigenvalue weighted by Crippen LogP contribution is -2.19. The fourth-order valence-corrected chi connectivity index (χ4v) is 3.38. The van der Waals surface area contributed by atoms with Gasteiger partial charge in [0.25, 0.3) is 0 Å². The molecule has 0 unspecified atom stereocenters. The highest BCUT2D eigenvalue weighted by atomic mass is 19.1. The molecule has 2 heterocycles. The molecule has 0 radical (unpaired) electrons. The van der Waals surface area contributed by atoms with Crippen LogP contribution in [-0.4, -0.2) is 48.4 Å². The number of hydrogen-bond donors (Lipinski definition) is 4. The number of aliphatic hydroxyl groups excluding tert-OH is 2. The van der Waals surface area contributed by atoms with E-state index in [4.69, 9.17) is 5.11 Å². The summed E-state index contributed by atoms with van der Waals surface area (Å²) in [5, 5.41) is 32.0. The third-order valence-electron chi connectivity index (χ3n) is 4.95. The zero-order chi connectivity index (χ0) is 24.7. The molecule has 0 bridgehead atoms. The van der Waals surface area contributed by atoms with Gasteiger partial charge in [0.1, 0.15) is 11.6 Å². The number of nitrogens with one attached hydrogen (secondary N) is 1. The molecular weight excluding hydrogens is 439 g/mol. The van der Waals surface area contributed by atoms with Gasteiger partial charge in [0.15, 0.2) is 0 Å². The van der Waals surface area contributed by atoms with Crippen molar-refractivity contribution in [2.24, 2.45) is 0 Å². The molecule has 2 aromatic heterocycles. The molecule has 0 saturated heterocycles. The molecule has 8 nitrogen and oxygen atoms in total. The summed E-state index contributed by atoms with van der Waals surface area (Å²) in [6.07, 6.45) is 1.90. The van der Waals surface area contributed by atoms with Crippen LogP contribution in [0.3, 0.4) is 0 Å². The summed E-state index contributed by atoms with van der Waals surface area (Å²) in [6.45, 7) is 3.93. The Morgan fingerprint density at radius 3 is 2.47 bits per heavy atom. The summed E-state index contributed by atoms with van der Waals surface area (Å²) in [5.74, 6) is -0.673. The Morgan fingerprint density at radius 1 is 1.12 bits per heavy atom. The molecule has 1 aromatic carbocycles. The lowest BCUT2D eigenvalue weighted by atomic mass is 9.97. The zero-order valence-electron chi connectivity index (χ0n) is 18.9. The van der Waals surface area contributed by atoms with E-state index in [1.807, 2.05) is 19.9 Å². The highest BCUT2D eigenvalue weighted by Crippen LogP contribution is 2.31. The van der Waals surface area contributed by atoms with Gasteiger partial charge in [0.2, 0.25) is 5.95 Å². The molecule has 178 valence electrons. The van der Waals surface area contributed by atoms with Crippen LogP contribution in [0.2, 0.25) is 0 Å². The van der Waals surface area contributed by atoms with Crippen molar-refractivity contribution in [3.8, 4) is 11.3 Å². The molecule has 0 fully saturated rings. The number of aromatic nitrogens is 3. The predicted octanol–water partition coefficient (Wildman–Crippen LogP) is 4.14. The molecular formula is C25H27FN4O4. The Bertz CT molecular complexity index is 1140. The molecule has 0 amide bonds. The summed E-state index contributed by atoms with van der Waals surface area (Å²) >= 11 is 0. The van der Waals surface area contributed by atoms with Crippen molar-refractivity contribution in [1.29, 1.82) is 0 Å². The SMILES string of the molecule is CC(C)c1nc(Nc2ccccn2)nc(-c2ccc(F)cc2)c1C=C[C@@H](O)C[C@@H](O)CC(=O)O. The molecule has 0 spiro atoms. The predicted molar refractivity (Wildman–Crippen MR) is 127 cm³/mol. The number of carboxylic acid groups (broad SMARTS) is 1. The number of aliphatic hydroxyl groups is 2. The van der Waals surface area contributed by atoms with E-state index in [9.17, 15) is 19.4 Å². The fourth-order valence-electron chi connectivity index (χ4n) is 3.38. The third kappa shape index (κ3) is 6.90. The first-order valence-electron chi connectivity index (χ1n) is 10.8. The van der Waals surface area contributed by atoms with Crippen molar-refractivity contribution in [3.05, 3.63) is 71.8 Å². The van der Waals surface area contributed by atoms with Crippen LogP contribution in [0.4, 0.5) is 16.2 Å². The average molecular weight is 467 g/mol. The topological polar surface area (TPSA) is 128 Å². The lowest BCUT2D eigenvalue weighted by molar-refractivity contribution is -0.139. The number of carbonyl (C=O) groups is 1.